The Morgan fingerprint density at radius 3 is 2.71 bits per heavy atom. The summed E-state index contributed by atoms with van der Waals surface area (Å²) in [5, 5.41) is 2.08. The van der Waals surface area contributed by atoms with Crippen molar-refractivity contribution < 1.29 is 4.39 Å². The van der Waals surface area contributed by atoms with Crippen LogP contribution in [-0.2, 0) is 6.54 Å². The van der Waals surface area contributed by atoms with Crippen molar-refractivity contribution in [3.63, 3.8) is 0 Å². The molecule has 2 aliphatic rings. The fraction of sp³-hybridized carbons (Fsp3) is 0.333. The molecule has 0 radical (unpaired) electrons. The molecule has 1 fully saturated rings. The number of halogens is 2. The molecule has 2 atom stereocenters. The molecular weight excluding hydrogens is 371 g/mol. The first-order valence-electron chi connectivity index (χ1n) is 10.00. The van der Waals surface area contributed by atoms with Gasteiger partial charge in [0.1, 0.15) is 5.82 Å². The van der Waals surface area contributed by atoms with Crippen molar-refractivity contribution in [2.24, 2.45) is 0 Å². The molecule has 0 N–H and O–H groups in total. The van der Waals surface area contributed by atoms with E-state index in [0.29, 0.717) is 12.0 Å². The van der Waals surface area contributed by atoms with Crippen LogP contribution >= 0.6 is 11.6 Å². The second-order valence-electron chi connectivity index (χ2n) is 8.23. The average Bonchev–Trinajstić information content (AvgIpc) is 3.26. The minimum absolute atomic E-state index is 0.205. The number of fused-ring (bicyclic) bond motifs is 5. The highest BCUT2D eigenvalue weighted by atomic mass is 35.5. The van der Waals surface area contributed by atoms with Crippen LogP contribution in [-0.4, -0.2) is 22.6 Å². The van der Waals surface area contributed by atoms with Gasteiger partial charge in [-0.05, 0) is 73.8 Å². The molecule has 0 amide bonds. The van der Waals surface area contributed by atoms with Gasteiger partial charge in [0.15, 0.2) is 0 Å². The highest BCUT2D eigenvalue weighted by molar-refractivity contribution is 6.31. The molecule has 0 saturated heterocycles. The van der Waals surface area contributed by atoms with Crippen LogP contribution in [0.1, 0.15) is 48.9 Å². The third-order valence-electron chi connectivity index (χ3n) is 6.55. The molecule has 1 aliphatic heterocycles. The van der Waals surface area contributed by atoms with Crippen LogP contribution in [0, 0.1) is 5.82 Å². The molecule has 4 heteroatoms. The average molecular weight is 395 g/mol. The summed E-state index contributed by atoms with van der Waals surface area (Å²) in [6, 6.07) is 13.6. The molecule has 28 heavy (non-hydrogen) atoms. The Morgan fingerprint density at radius 2 is 1.93 bits per heavy atom. The number of benzene rings is 2. The predicted molar refractivity (Wildman–Crippen MR) is 115 cm³/mol. The van der Waals surface area contributed by atoms with Crippen LogP contribution in [0.5, 0.6) is 0 Å². The Morgan fingerprint density at radius 1 is 1.14 bits per heavy atom. The molecule has 3 aromatic rings. The summed E-state index contributed by atoms with van der Waals surface area (Å²) < 4.78 is 15.7. The molecule has 0 bridgehead atoms. The maximum Gasteiger partial charge on any atom is 0.123 e. The van der Waals surface area contributed by atoms with Crippen molar-refractivity contribution in [3.05, 3.63) is 70.1 Å². The third-order valence-corrected chi connectivity index (χ3v) is 6.78. The smallest absolute Gasteiger partial charge is 0.123 e. The Balaban J connectivity index is 1.72. The molecule has 1 aromatic heterocycles. The summed E-state index contributed by atoms with van der Waals surface area (Å²) in [7, 11) is 2.25. The van der Waals surface area contributed by atoms with Gasteiger partial charge >= 0.3 is 0 Å². The second-order valence-corrected chi connectivity index (χ2v) is 8.67. The maximum atomic E-state index is 13.3. The molecule has 1 aliphatic carbocycles. The molecule has 0 spiro atoms. The topological polar surface area (TPSA) is 8.17 Å². The number of aromatic nitrogens is 1. The van der Waals surface area contributed by atoms with E-state index < -0.39 is 0 Å². The van der Waals surface area contributed by atoms with Crippen molar-refractivity contribution >= 4 is 34.3 Å². The molecule has 2 aromatic carbocycles. The zero-order valence-corrected chi connectivity index (χ0v) is 17.0. The van der Waals surface area contributed by atoms with Crippen molar-refractivity contribution in [2.75, 3.05) is 7.05 Å². The third kappa shape index (κ3) is 2.80. The number of hydrogen-bond acceptors (Lipinski definition) is 1. The van der Waals surface area contributed by atoms with Crippen LogP contribution in [0.15, 0.2) is 42.5 Å². The van der Waals surface area contributed by atoms with E-state index in [-0.39, 0.29) is 5.82 Å². The van der Waals surface area contributed by atoms with Crippen LogP contribution < -0.4 is 0 Å². The van der Waals surface area contributed by atoms with E-state index in [1.54, 1.807) is 0 Å². The van der Waals surface area contributed by atoms with Gasteiger partial charge < -0.3 is 4.57 Å². The highest BCUT2D eigenvalue weighted by Gasteiger charge is 2.39. The van der Waals surface area contributed by atoms with E-state index in [1.165, 1.54) is 53.6 Å². The van der Waals surface area contributed by atoms with Crippen molar-refractivity contribution in [1.29, 1.82) is 0 Å². The Labute approximate surface area is 170 Å². The summed E-state index contributed by atoms with van der Waals surface area (Å²) >= 11 is 6.39. The van der Waals surface area contributed by atoms with Crippen LogP contribution in [0.25, 0.3) is 22.7 Å². The first-order chi connectivity index (χ1) is 13.5. The molecular formula is C24H24ClFN2. The lowest BCUT2D eigenvalue weighted by Gasteiger charge is -2.35. The van der Waals surface area contributed by atoms with Gasteiger partial charge in [0.05, 0.1) is 5.52 Å². The molecule has 1 saturated carbocycles. The fourth-order valence-corrected chi connectivity index (χ4v) is 5.40. The number of hydrogen-bond donors (Lipinski definition) is 0. The van der Waals surface area contributed by atoms with Gasteiger partial charge in [-0.2, -0.15) is 0 Å². The molecule has 2 heterocycles. The Bertz CT molecular complexity index is 1080. The maximum absolute atomic E-state index is 13.3. The predicted octanol–water partition coefficient (Wildman–Crippen LogP) is 6.53. The Kier molecular flexibility index (Phi) is 4.33. The molecule has 5 rings (SSSR count). The molecule has 144 valence electrons. The van der Waals surface area contributed by atoms with E-state index in [4.69, 9.17) is 11.6 Å². The van der Waals surface area contributed by atoms with Gasteiger partial charge in [-0.3, -0.25) is 4.90 Å². The van der Waals surface area contributed by atoms with Gasteiger partial charge in [0.25, 0.3) is 0 Å². The zero-order chi connectivity index (χ0) is 19.4. The van der Waals surface area contributed by atoms with E-state index >= 15 is 0 Å². The van der Waals surface area contributed by atoms with Crippen molar-refractivity contribution in [2.45, 2.75) is 44.7 Å². The first kappa shape index (κ1) is 18.0. The van der Waals surface area contributed by atoms with Crippen LogP contribution in [0.2, 0.25) is 5.02 Å². The number of likely N-dealkylation sites (N-methyl/N-ethyl adjacent to an activating group) is 1. The zero-order valence-electron chi connectivity index (χ0n) is 16.3. The van der Waals surface area contributed by atoms with E-state index in [2.05, 4.69) is 41.8 Å². The minimum Gasteiger partial charge on any atom is -0.318 e. The quantitative estimate of drug-likeness (QED) is 0.479. The lowest BCUT2D eigenvalue weighted by molar-refractivity contribution is 0.198. The normalized spacial score (nSPS) is 22.5. The number of allylic oxidation sites excluding steroid dienone is 1. The number of rotatable bonds is 2. The van der Waals surface area contributed by atoms with Gasteiger partial charge in [0.2, 0.25) is 0 Å². The van der Waals surface area contributed by atoms with Gasteiger partial charge in [0, 0.05) is 40.8 Å². The van der Waals surface area contributed by atoms with Crippen LogP contribution in [0.3, 0.4) is 0 Å². The summed E-state index contributed by atoms with van der Waals surface area (Å²) in [5.41, 5.74) is 6.21. The minimum atomic E-state index is -0.205. The summed E-state index contributed by atoms with van der Waals surface area (Å²) in [4.78, 5) is 2.51. The van der Waals surface area contributed by atoms with E-state index in [9.17, 15) is 4.39 Å². The standard InChI is InChI=1S/C24H24ClFN2/c1-15(16-6-9-18(26)10-7-16)13-28-22-11-8-17(25)12-20(22)24-19-4-3-5-21(19)27(2)14-23(24)28/h6-13,19,21H,3-5,14H2,1-2H3/b15-13+. The van der Waals surface area contributed by atoms with Gasteiger partial charge in [-0.25, -0.2) is 4.39 Å². The second kappa shape index (κ2) is 6.75. The largest absolute Gasteiger partial charge is 0.318 e. The fourth-order valence-electron chi connectivity index (χ4n) is 5.23. The first-order valence-corrected chi connectivity index (χ1v) is 10.4. The monoisotopic (exact) mass is 394 g/mol. The summed E-state index contributed by atoms with van der Waals surface area (Å²) in [6.45, 7) is 3.03. The van der Waals surface area contributed by atoms with Gasteiger partial charge in [-0.15, -0.1) is 0 Å². The molecule has 2 unspecified atom stereocenters. The highest BCUT2D eigenvalue weighted by Crippen LogP contribution is 2.47. The Hall–Kier alpha value is -2.10. The summed E-state index contributed by atoms with van der Waals surface area (Å²) in [6.07, 6.45) is 6.01. The number of nitrogens with zero attached hydrogens (tertiary/aromatic N) is 2. The van der Waals surface area contributed by atoms with Crippen molar-refractivity contribution in [3.8, 4) is 0 Å². The van der Waals surface area contributed by atoms with E-state index in [1.807, 2.05) is 18.2 Å². The van der Waals surface area contributed by atoms with Crippen LogP contribution in [0.4, 0.5) is 4.39 Å². The lowest BCUT2D eigenvalue weighted by Crippen LogP contribution is -2.38. The molecule has 2 nitrogen and oxygen atoms in total. The SMILES string of the molecule is C/C(=C\n1c2c(c3cc(Cl)ccc31)C1CCCC1N(C)C2)c1ccc(F)cc1. The summed E-state index contributed by atoms with van der Waals surface area (Å²) in [5.74, 6) is 0.374. The van der Waals surface area contributed by atoms with E-state index in [0.717, 1.165) is 22.7 Å². The van der Waals surface area contributed by atoms with Gasteiger partial charge in [-0.1, -0.05) is 30.2 Å². The van der Waals surface area contributed by atoms with Crippen molar-refractivity contribution in [1.82, 2.24) is 9.47 Å². The lowest BCUT2D eigenvalue weighted by atomic mass is 9.87.